The fraction of sp³-hybridized carbons (Fsp3) is 0.0588. The van der Waals surface area contributed by atoms with Gasteiger partial charge in [-0.05, 0) is 31.0 Å². The predicted octanol–water partition coefficient (Wildman–Crippen LogP) is 3.92. The highest BCUT2D eigenvalue weighted by Gasteiger charge is 2.02. The van der Waals surface area contributed by atoms with Gasteiger partial charge in [0.25, 0.3) is 0 Å². The van der Waals surface area contributed by atoms with Crippen molar-refractivity contribution < 1.29 is 0 Å². The summed E-state index contributed by atoms with van der Waals surface area (Å²) < 4.78 is 2.04. The lowest BCUT2D eigenvalue weighted by Gasteiger charge is -2.02. The van der Waals surface area contributed by atoms with Crippen molar-refractivity contribution >= 4 is 0 Å². The molecule has 0 spiro atoms. The van der Waals surface area contributed by atoms with Gasteiger partial charge in [0.2, 0.25) is 0 Å². The van der Waals surface area contributed by atoms with E-state index in [4.69, 9.17) is 0 Å². The molecule has 0 aliphatic rings. The molecule has 1 radical (unpaired) electrons. The number of hydrogen-bond acceptors (Lipinski definition) is 1. The van der Waals surface area contributed by atoms with Gasteiger partial charge in [0.05, 0.1) is 12.0 Å². The summed E-state index contributed by atoms with van der Waals surface area (Å²) in [6.45, 7) is 3.88. The van der Waals surface area contributed by atoms with Crippen LogP contribution in [-0.2, 0) is 6.42 Å². The number of aromatic nitrogens is 2. The molecule has 0 saturated carbocycles. The minimum Gasteiger partial charge on any atom is -0.306 e. The zero-order valence-corrected chi connectivity index (χ0v) is 10.7. The second kappa shape index (κ2) is 5.11. The van der Waals surface area contributed by atoms with E-state index >= 15 is 0 Å². The average molecular weight is 247 g/mol. The maximum Gasteiger partial charge on any atom is 0.0999 e. The summed E-state index contributed by atoms with van der Waals surface area (Å²) >= 11 is 0. The summed E-state index contributed by atoms with van der Waals surface area (Å²) in [6.07, 6.45) is 4.72. The van der Waals surface area contributed by atoms with Crippen molar-refractivity contribution in [2.45, 2.75) is 6.42 Å². The van der Waals surface area contributed by atoms with Crippen molar-refractivity contribution in [3.63, 3.8) is 0 Å². The maximum atomic E-state index is 4.46. The molecule has 0 atom stereocenters. The molecule has 0 fully saturated rings. The molecule has 0 unspecified atom stereocenters. The molecule has 0 bridgehead atoms. The van der Waals surface area contributed by atoms with E-state index in [0.29, 0.717) is 0 Å². The summed E-state index contributed by atoms with van der Waals surface area (Å²) in [6, 6.07) is 18.6. The van der Waals surface area contributed by atoms with Crippen LogP contribution >= 0.6 is 0 Å². The number of imidazole rings is 1. The first-order chi connectivity index (χ1) is 9.36. The van der Waals surface area contributed by atoms with Crippen LogP contribution in [0.15, 0.2) is 67.1 Å². The largest absolute Gasteiger partial charge is 0.306 e. The molecule has 3 aromatic rings. The third-order valence-corrected chi connectivity index (χ3v) is 3.18. The zero-order valence-electron chi connectivity index (χ0n) is 10.7. The van der Waals surface area contributed by atoms with Crippen LogP contribution in [0.5, 0.6) is 0 Å². The van der Waals surface area contributed by atoms with Crippen LogP contribution in [0.25, 0.3) is 16.9 Å². The number of hydrogen-bond donors (Lipinski definition) is 0. The van der Waals surface area contributed by atoms with Crippen molar-refractivity contribution in [1.82, 2.24) is 9.55 Å². The molecule has 0 aliphatic heterocycles. The number of rotatable bonds is 3. The topological polar surface area (TPSA) is 17.8 Å². The molecule has 2 aromatic carbocycles. The molecule has 2 nitrogen and oxygen atoms in total. The first-order valence-electron chi connectivity index (χ1n) is 6.35. The van der Waals surface area contributed by atoms with Crippen LogP contribution in [0, 0.1) is 6.92 Å². The van der Waals surface area contributed by atoms with Crippen LogP contribution in [-0.4, -0.2) is 9.55 Å². The van der Waals surface area contributed by atoms with Gasteiger partial charge in [-0.1, -0.05) is 42.5 Å². The van der Waals surface area contributed by atoms with E-state index < -0.39 is 0 Å². The van der Waals surface area contributed by atoms with Crippen LogP contribution in [0.4, 0.5) is 0 Å². The van der Waals surface area contributed by atoms with Gasteiger partial charge in [-0.15, -0.1) is 0 Å². The summed E-state index contributed by atoms with van der Waals surface area (Å²) in [5.41, 5.74) is 4.48. The number of benzene rings is 2. The fourth-order valence-corrected chi connectivity index (χ4v) is 2.06. The Kier molecular flexibility index (Phi) is 3.15. The highest BCUT2D eigenvalue weighted by molar-refractivity contribution is 5.58. The predicted molar refractivity (Wildman–Crippen MR) is 78.1 cm³/mol. The minimum atomic E-state index is 0.819. The molecule has 19 heavy (non-hydrogen) atoms. The Balaban J connectivity index is 1.92. The first kappa shape index (κ1) is 11.7. The molecule has 1 aromatic heterocycles. The summed E-state index contributed by atoms with van der Waals surface area (Å²) in [4.78, 5) is 4.46. The first-order valence-corrected chi connectivity index (χ1v) is 6.35. The zero-order chi connectivity index (χ0) is 13.1. The van der Waals surface area contributed by atoms with Crippen LogP contribution in [0.3, 0.4) is 0 Å². The van der Waals surface area contributed by atoms with Crippen molar-refractivity contribution in [2.24, 2.45) is 0 Å². The van der Waals surface area contributed by atoms with Crippen molar-refractivity contribution in [2.75, 3.05) is 0 Å². The Morgan fingerprint density at radius 1 is 0.947 bits per heavy atom. The minimum absolute atomic E-state index is 0.819. The van der Waals surface area contributed by atoms with E-state index in [2.05, 4.69) is 54.5 Å². The molecular formula is C17H15N2. The smallest absolute Gasteiger partial charge is 0.0999 e. The summed E-state index contributed by atoms with van der Waals surface area (Å²) in [5.74, 6) is 0. The maximum absolute atomic E-state index is 4.46. The molecule has 93 valence electrons. The second-order valence-electron chi connectivity index (χ2n) is 4.45. The molecule has 0 amide bonds. The second-order valence-corrected chi connectivity index (χ2v) is 4.45. The Morgan fingerprint density at radius 3 is 2.37 bits per heavy atom. The molecular weight excluding hydrogens is 232 g/mol. The quantitative estimate of drug-likeness (QED) is 0.686. The van der Waals surface area contributed by atoms with Gasteiger partial charge in [-0.25, -0.2) is 4.98 Å². The van der Waals surface area contributed by atoms with Crippen LogP contribution in [0.2, 0.25) is 0 Å². The SMILES string of the molecule is [CH2]Cc1ccc(-n2cnc(-c3ccccc3)c2)cc1. The van der Waals surface area contributed by atoms with Gasteiger partial charge < -0.3 is 4.57 Å². The number of nitrogens with zero attached hydrogens (tertiary/aromatic N) is 2. The Morgan fingerprint density at radius 2 is 1.68 bits per heavy atom. The third kappa shape index (κ3) is 2.43. The van der Waals surface area contributed by atoms with Gasteiger partial charge in [0.1, 0.15) is 0 Å². The highest BCUT2D eigenvalue weighted by atomic mass is 15.0. The standard InChI is InChI=1S/C17H15N2/c1-2-14-8-10-16(11-9-14)19-12-17(18-13-19)15-6-4-3-5-7-15/h3-13H,1-2H2. The van der Waals surface area contributed by atoms with Gasteiger partial charge in [-0.2, -0.15) is 0 Å². The van der Waals surface area contributed by atoms with Crippen molar-refractivity contribution in [3.05, 3.63) is 79.6 Å². The third-order valence-electron chi connectivity index (χ3n) is 3.18. The van der Waals surface area contributed by atoms with E-state index in [1.165, 1.54) is 5.56 Å². The van der Waals surface area contributed by atoms with Crippen molar-refractivity contribution in [1.29, 1.82) is 0 Å². The summed E-state index contributed by atoms with van der Waals surface area (Å²) in [5, 5.41) is 0. The van der Waals surface area contributed by atoms with Gasteiger partial charge in [0.15, 0.2) is 0 Å². The Hall–Kier alpha value is -2.35. The molecule has 2 heteroatoms. The molecule has 0 N–H and O–H groups in total. The average Bonchev–Trinajstić information content (AvgIpc) is 2.98. The van der Waals surface area contributed by atoms with Crippen LogP contribution < -0.4 is 0 Å². The van der Waals surface area contributed by atoms with E-state index in [0.717, 1.165) is 23.4 Å². The normalized spacial score (nSPS) is 10.6. The van der Waals surface area contributed by atoms with E-state index in [1.54, 1.807) is 0 Å². The monoisotopic (exact) mass is 247 g/mol. The lowest BCUT2D eigenvalue weighted by atomic mass is 10.1. The van der Waals surface area contributed by atoms with Gasteiger partial charge in [0, 0.05) is 17.4 Å². The summed E-state index contributed by atoms with van der Waals surface area (Å²) in [7, 11) is 0. The van der Waals surface area contributed by atoms with E-state index in [1.807, 2.05) is 29.1 Å². The molecule has 3 rings (SSSR count). The Labute approximate surface area is 113 Å². The van der Waals surface area contributed by atoms with Gasteiger partial charge in [-0.3, -0.25) is 0 Å². The van der Waals surface area contributed by atoms with Crippen molar-refractivity contribution in [3.8, 4) is 16.9 Å². The highest BCUT2D eigenvalue weighted by Crippen LogP contribution is 2.18. The lowest BCUT2D eigenvalue weighted by molar-refractivity contribution is 1.05. The van der Waals surface area contributed by atoms with E-state index in [-0.39, 0.29) is 0 Å². The van der Waals surface area contributed by atoms with Gasteiger partial charge >= 0.3 is 0 Å². The van der Waals surface area contributed by atoms with E-state index in [9.17, 15) is 0 Å². The molecule has 0 aliphatic carbocycles. The van der Waals surface area contributed by atoms with Crippen LogP contribution in [0.1, 0.15) is 5.56 Å². The fourth-order valence-electron chi connectivity index (χ4n) is 2.06. The lowest BCUT2D eigenvalue weighted by Crippen LogP contribution is -1.90. The molecule has 0 saturated heterocycles. The molecule has 1 heterocycles. The Bertz CT molecular complexity index is 651.